The predicted octanol–water partition coefficient (Wildman–Crippen LogP) is 8.92. The van der Waals surface area contributed by atoms with Gasteiger partial charge in [-0.3, -0.25) is 19.9 Å². The maximum atomic E-state index is 4.90. The Morgan fingerprint density at radius 2 is 1.07 bits per heavy atom. The third kappa shape index (κ3) is 6.30. The first kappa shape index (κ1) is 28.2. The molecular formula is C38H30N6. The third-order valence-electron chi connectivity index (χ3n) is 7.19. The molecule has 0 aliphatic heterocycles. The van der Waals surface area contributed by atoms with Crippen LogP contribution in [-0.4, -0.2) is 31.6 Å². The first-order chi connectivity index (χ1) is 21.6. The van der Waals surface area contributed by atoms with Crippen molar-refractivity contribution in [2.45, 2.75) is 13.8 Å². The van der Waals surface area contributed by atoms with E-state index in [9.17, 15) is 0 Å². The van der Waals surface area contributed by atoms with E-state index in [4.69, 9.17) is 9.97 Å². The number of aliphatic imine (C=N–C) groups is 1. The minimum atomic E-state index is 0.678. The van der Waals surface area contributed by atoms with E-state index >= 15 is 0 Å². The highest BCUT2D eigenvalue weighted by Gasteiger charge is 2.14. The van der Waals surface area contributed by atoms with E-state index in [1.54, 1.807) is 24.8 Å². The number of pyridine rings is 3. The summed E-state index contributed by atoms with van der Waals surface area (Å²) in [5, 5.41) is 0. The molecule has 0 amide bonds. The van der Waals surface area contributed by atoms with Gasteiger partial charge in [0.05, 0.1) is 11.4 Å². The number of aromatic nitrogens is 5. The Bertz CT molecular complexity index is 1920. The van der Waals surface area contributed by atoms with Crippen LogP contribution in [0, 0.1) is 6.92 Å². The molecule has 0 unspecified atom stereocenters. The quantitative estimate of drug-likeness (QED) is 0.135. The van der Waals surface area contributed by atoms with Gasteiger partial charge in [-0.05, 0) is 109 Å². The summed E-state index contributed by atoms with van der Waals surface area (Å²) in [6.07, 6.45) is 16.8. The lowest BCUT2D eigenvalue weighted by Crippen LogP contribution is -1.97. The summed E-state index contributed by atoms with van der Waals surface area (Å²) in [6, 6.07) is 27.0. The van der Waals surface area contributed by atoms with Gasteiger partial charge < -0.3 is 0 Å². The Morgan fingerprint density at radius 3 is 1.52 bits per heavy atom. The number of aryl methyl sites for hydroxylation is 1. The van der Waals surface area contributed by atoms with E-state index in [-0.39, 0.29) is 0 Å². The van der Waals surface area contributed by atoms with Crippen LogP contribution in [0.3, 0.4) is 0 Å². The molecule has 6 aromatic rings. The summed E-state index contributed by atoms with van der Waals surface area (Å²) in [5.74, 6) is 0.678. The van der Waals surface area contributed by atoms with Crippen molar-refractivity contribution in [2.24, 2.45) is 4.99 Å². The van der Waals surface area contributed by atoms with Crippen molar-refractivity contribution in [3.05, 3.63) is 146 Å². The molecule has 0 aliphatic rings. The standard InChI is InChI=1S/C38H30N6/c1-4-8-27(22-39-3)31-15-32(28-9-5-12-40-23-28)18-35(17-31)37-21-38(44-26(2)43-37)36-19-33(29-10-6-13-41-24-29)16-34(20-36)30-11-7-14-42-25-30/h4-25H,3H2,1-2H3/b8-4-,27-22+. The summed E-state index contributed by atoms with van der Waals surface area (Å²) < 4.78 is 0. The summed E-state index contributed by atoms with van der Waals surface area (Å²) in [7, 11) is 0. The fraction of sp³-hybridized carbons (Fsp3) is 0.0526. The lowest BCUT2D eigenvalue weighted by atomic mass is 9.94. The van der Waals surface area contributed by atoms with Crippen molar-refractivity contribution in [1.29, 1.82) is 0 Å². The highest BCUT2D eigenvalue weighted by molar-refractivity contribution is 5.84. The van der Waals surface area contributed by atoms with Crippen LogP contribution in [0.4, 0.5) is 0 Å². The average Bonchev–Trinajstić information content (AvgIpc) is 3.08. The molecule has 0 fully saturated rings. The molecule has 0 bridgehead atoms. The van der Waals surface area contributed by atoms with Crippen LogP contribution in [0.25, 0.3) is 61.5 Å². The molecule has 0 atom stereocenters. The molecule has 0 saturated heterocycles. The molecule has 4 aromatic heterocycles. The summed E-state index contributed by atoms with van der Waals surface area (Å²) in [5.41, 5.74) is 11.7. The zero-order chi connectivity index (χ0) is 30.3. The fourth-order valence-corrected chi connectivity index (χ4v) is 5.17. The molecule has 44 heavy (non-hydrogen) atoms. The Kier molecular flexibility index (Phi) is 8.32. The van der Waals surface area contributed by atoms with Crippen molar-refractivity contribution >= 4 is 12.3 Å². The number of benzene rings is 2. The zero-order valence-corrected chi connectivity index (χ0v) is 24.6. The van der Waals surface area contributed by atoms with Crippen LogP contribution in [0.2, 0.25) is 0 Å². The monoisotopic (exact) mass is 570 g/mol. The molecule has 0 spiro atoms. The van der Waals surface area contributed by atoms with Crippen molar-refractivity contribution < 1.29 is 0 Å². The van der Waals surface area contributed by atoms with Crippen molar-refractivity contribution in [3.8, 4) is 55.9 Å². The van der Waals surface area contributed by atoms with Crippen LogP contribution in [0.5, 0.6) is 0 Å². The molecule has 4 heterocycles. The second-order valence-electron chi connectivity index (χ2n) is 10.3. The van der Waals surface area contributed by atoms with Crippen molar-refractivity contribution in [2.75, 3.05) is 0 Å². The number of allylic oxidation sites excluding steroid dienone is 3. The SMILES string of the molecule is C=N/C=C(\C=C/C)c1cc(-c2cccnc2)cc(-c2cc(-c3cc(-c4cccnc4)cc(-c4cccnc4)c3)nc(C)n2)c1. The highest BCUT2D eigenvalue weighted by Crippen LogP contribution is 2.35. The van der Waals surface area contributed by atoms with Crippen LogP contribution in [-0.2, 0) is 0 Å². The van der Waals surface area contributed by atoms with Crippen LogP contribution in [0.1, 0.15) is 18.3 Å². The van der Waals surface area contributed by atoms with Crippen LogP contribution < -0.4 is 0 Å². The smallest absolute Gasteiger partial charge is 0.126 e. The van der Waals surface area contributed by atoms with Gasteiger partial charge in [0.2, 0.25) is 0 Å². The highest BCUT2D eigenvalue weighted by atomic mass is 14.9. The van der Waals surface area contributed by atoms with Gasteiger partial charge in [-0.25, -0.2) is 9.97 Å². The van der Waals surface area contributed by atoms with E-state index in [1.165, 1.54) is 0 Å². The van der Waals surface area contributed by atoms with E-state index < -0.39 is 0 Å². The number of hydrogen-bond donors (Lipinski definition) is 0. The third-order valence-corrected chi connectivity index (χ3v) is 7.19. The van der Waals surface area contributed by atoms with E-state index in [2.05, 4.69) is 87.3 Å². The molecule has 2 aromatic carbocycles. The molecule has 0 radical (unpaired) electrons. The molecule has 212 valence electrons. The fourth-order valence-electron chi connectivity index (χ4n) is 5.17. The minimum absolute atomic E-state index is 0.678. The molecule has 0 N–H and O–H groups in total. The maximum absolute atomic E-state index is 4.90. The zero-order valence-electron chi connectivity index (χ0n) is 24.6. The van der Waals surface area contributed by atoms with E-state index in [0.29, 0.717) is 5.82 Å². The topological polar surface area (TPSA) is 76.8 Å². The molecule has 0 aliphatic carbocycles. The number of rotatable bonds is 8. The normalized spacial score (nSPS) is 11.5. The lowest BCUT2D eigenvalue weighted by Gasteiger charge is -2.14. The Labute approximate surface area is 257 Å². The lowest BCUT2D eigenvalue weighted by molar-refractivity contribution is 1.06. The summed E-state index contributed by atoms with van der Waals surface area (Å²) >= 11 is 0. The van der Waals surface area contributed by atoms with Gasteiger partial charge in [-0.2, -0.15) is 0 Å². The molecule has 0 saturated carbocycles. The molecule has 6 heteroatoms. The Hall–Kier alpha value is -5.88. The second kappa shape index (κ2) is 13.0. The van der Waals surface area contributed by atoms with Gasteiger partial charge in [0, 0.05) is 71.2 Å². The minimum Gasteiger partial charge on any atom is -0.272 e. The first-order valence-corrected chi connectivity index (χ1v) is 14.3. The first-order valence-electron chi connectivity index (χ1n) is 14.3. The van der Waals surface area contributed by atoms with Gasteiger partial charge in [0.15, 0.2) is 0 Å². The van der Waals surface area contributed by atoms with Crippen molar-refractivity contribution in [3.63, 3.8) is 0 Å². The molecular weight excluding hydrogens is 540 g/mol. The van der Waals surface area contributed by atoms with E-state index in [1.807, 2.05) is 62.8 Å². The predicted molar refractivity (Wildman–Crippen MR) is 180 cm³/mol. The summed E-state index contributed by atoms with van der Waals surface area (Å²) in [6.45, 7) is 7.60. The largest absolute Gasteiger partial charge is 0.272 e. The molecule has 6 nitrogen and oxygen atoms in total. The average molecular weight is 571 g/mol. The Morgan fingerprint density at radius 1 is 0.614 bits per heavy atom. The van der Waals surface area contributed by atoms with Gasteiger partial charge in [-0.15, -0.1) is 0 Å². The van der Waals surface area contributed by atoms with Gasteiger partial charge in [0.1, 0.15) is 5.82 Å². The Balaban J connectivity index is 1.54. The molecule has 6 rings (SSSR count). The van der Waals surface area contributed by atoms with Crippen LogP contribution >= 0.6 is 0 Å². The van der Waals surface area contributed by atoms with Gasteiger partial charge >= 0.3 is 0 Å². The van der Waals surface area contributed by atoms with Crippen LogP contribution in [0.15, 0.2) is 139 Å². The number of nitrogens with zero attached hydrogens (tertiary/aromatic N) is 6. The van der Waals surface area contributed by atoms with Crippen molar-refractivity contribution in [1.82, 2.24) is 24.9 Å². The second-order valence-corrected chi connectivity index (χ2v) is 10.3. The van der Waals surface area contributed by atoms with Gasteiger partial charge in [0.25, 0.3) is 0 Å². The summed E-state index contributed by atoms with van der Waals surface area (Å²) in [4.78, 5) is 26.9. The van der Waals surface area contributed by atoms with Gasteiger partial charge in [-0.1, -0.05) is 30.4 Å². The maximum Gasteiger partial charge on any atom is 0.126 e. The number of hydrogen-bond acceptors (Lipinski definition) is 6. The van der Waals surface area contributed by atoms with E-state index in [0.717, 1.165) is 67.0 Å².